The smallest absolute Gasteiger partial charge is 0.273 e. The quantitative estimate of drug-likeness (QED) is 0.772. The fraction of sp³-hybridized carbons (Fsp3) is 0.500. The van der Waals surface area contributed by atoms with Gasteiger partial charge >= 0.3 is 0 Å². The fourth-order valence-corrected chi connectivity index (χ4v) is 4.21. The van der Waals surface area contributed by atoms with Gasteiger partial charge in [-0.3, -0.25) is 4.79 Å². The van der Waals surface area contributed by atoms with Gasteiger partial charge in [-0.15, -0.1) is 11.3 Å². The van der Waals surface area contributed by atoms with E-state index in [1.54, 1.807) is 7.11 Å². The lowest BCUT2D eigenvalue weighted by molar-refractivity contribution is 0.0701. The molecule has 2 aromatic rings. The third kappa shape index (κ3) is 4.40. The number of carbonyl (C=O) groups is 1. The summed E-state index contributed by atoms with van der Waals surface area (Å²) in [5.41, 5.74) is 1.57. The molecule has 0 radical (unpaired) electrons. The summed E-state index contributed by atoms with van der Waals surface area (Å²) in [4.78, 5) is 19.3. The molecule has 25 heavy (non-hydrogen) atoms. The summed E-state index contributed by atoms with van der Waals surface area (Å²) in [6.07, 6.45) is 8.57. The summed E-state index contributed by atoms with van der Waals surface area (Å²) < 4.78 is 5.19. The predicted octanol–water partition coefficient (Wildman–Crippen LogP) is 5.00. The Balaban J connectivity index is 1.70. The standard InChI is InChI=1S/C20H26N2O2S/c1-22(16-8-6-4-3-5-7-9-16)20(23)18-14-25-19(21-18)15-10-12-17(24-2)13-11-15/h10-14,16H,3-9H2,1-2H3. The molecule has 1 heterocycles. The van der Waals surface area contributed by atoms with Gasteiger partial charge in [0.05, 0.1) is 7.11 Å². The molecule has 0 aliphatic heterocycles. The van der Waals surface area contributed by atoms with Gasteiger partial charge in [-0.05, 0) is 37.1 Å². The van der Waals surface area contributed by atoms with Crippen molar-refractivity contribution >= 4 is 17.2 Å². The third-order valence-corrected chi connectivity index (χ3v) is 5.89. The highest BCUT2D eigenvalue weighted by Gasteiger charge is 2.23. The second-order valence-corrected chi connectivity index (χ2v) is 7.54. The number of hydrogen-bond acceptors (Lipinski definition) is 4. The van der Waals surface area contributed by atoms with E-state index < -0.39 is 0 Å². The SMILES string of the molecule is COc1ccc(-c2nc(C(=O)N(C)C3CCCCCCC3)cs2)cc1. The van der Waals surface area contributed by atoms with E-state index in [2.05, 4.69) is 4.98 Å². The number of nitrogens with zero attached hydrogens (tertiary/aromatic N) is 2. The lowest BCUT2D eigenvalue weighted by Gasteiger charge is -2.29. The molecule has 1 aliphatic rings. The van der Waals surface area contributed by atoms with Crippen LogP contribution < -0.4 is 4.74 Å². The van der Waals surface area contributed by atoms with Crippen LogP contribution in [0.1, 0.15) is 55.4 Å². The van der Waals surface area contributed by atoms with Gasteiger partial charge in [0, 0.05) is 24.0 Å². The molecule has 1 saturated carbocycles. The molecule has 1 fully saturated rings. The number of rotatable bonds is 4. The Hall–Kier alpha value is -1.88. The minimum Gasteiger partial charge on any atom is -0.497 e. The highest BCUT2D eigenvalue weighted by molar-refractivity contribution is 7.13. The number of benzene rings is 1. The first-order chi connectivity index (χ1) is 12.2. The van der Waals surface area contributed by atoms with Gasteiger partial charge in [-0.2, -0.15) is 0 Å². The maximum Gasteiger partial charge on any atom is 0.273 e. The maximum absolute atomic E-state index is 12.8. The van der Waals surface area contributed by atoms with Gasteiger partial charge in [-0.25, -0.2) is 4.98 Å². The molecular weight excluding hydrogens is 332 g/mol. The van der Waals surface area contributed by atoms with Gasteiger partial charge in [0.25, 0.3) is 5.91 Å². The Morgan fingerprint density at radius 2 is 1.76 bits per heavy atom. The van der Waals surface area contributed by atoms with E-state index in [1.165, 1.54) is 43.4 Å². The highest BCUT2D eigenvalue weighted by atomic mass is 32.1. The molecule has 0 atom stereocenters. The molecule has 0 spiro atoms. The zero-order valence-corrected chi connectivity index (χ0v) is 15.8. The molecule has 0 bridgehead atoms. The van der Waals surface area contributed by atoms with E-state index in [0.29, 0.717) is 11.7 Å². The monoisotopic (exact) mass is 358 g/mol. The molecule has 3 rings (SSSR count). The van der Waals surface area contributed by atoms with Crippen LogP contribution in [0.4, 0.5) is 0 Å². The van der Waals surface area contributed by atoms with Gasteiger partial charge < -0.3 is 9.64 Å². The zero-order chi connectivity index (χ0) is 17.6. The first-order valence-electron chi connectivity index (χ1n) is 9.06. The average molecular weight is 359 g/mol. The normalized spacial score (nSPS) is 16.1. The molecule has 0 saturated heterocycles. The maximum atomic E-state index is 12.8. The van der Waals surface area contributed by atoms with E-state index in [9.17, 15) is 4.79 Å². The van der Waals surface area contributed by atoms with Crippen molar-refractivity contribution in [2.45, 2.75) is 51.0 Å². The van der Waals surface area contributed by atoms with Gasteiger partial charge in [0.2, 0.25) is 0 Å². The third-order valence-electron chi connectivity index (χ3n) is 5.00. The summed E-state index contributed by atoms with van der Waals surface area (Å²) in [6.45, 7) is 0. The van der Waals surface area contributed by atoms with Crippen LogP contribution in [0.25, 0.3) is 10.6 Å². The highest BCUT2D eigenvalue weighted by Crippen LogP contribution is 2.27. The summed E-state index contributed by atoms with van der Waals surface area (Å²) in [6, 6.07) is 8.13. The average Bonchev–Trinajstić information content (AvgIpc) is 3.10. The Labute approximate surface area is 153 Å². The topological polar surface area (TPSA) is 42.4 Å². The Kier molecular flexibility index (Phi) is 6.08. The number of hydrogen-bond donors (Lipinski definition) is 0. The van der Waals surface area contributed by atoms with Crippen LogP contribution in [0.5, 0.6) is 5.75 Å². The van der Waals surface area contributed by atoms with Crippen molar-refractivity contribution in [1.29, 1.82) is 0 Å². The lowest BCUT2D eigenvalue weighted by atomic mass is 9.96. The molecule has 1 aromatic carbocycles. The molecule has 134 valence electrons. The van der Waals surface area contributed by atoms with E-state index in [4.69, 9.17) is 4.74 Å². The van der Waals surface area contributed by atoms with Crippen LogP contribution in [-0.4, -0.2) is 36.0 Å². The lowest BCUT2D eigenvalue weighted by Crippen LogP contribution is -2.37. The van der Waals surface area contributed by atoms with Crippen LogP contribution in [-0.2, 0) is 0 Å². The summed E-state index contributed by atoms with van der Waals surface area (Å²) in [5, 5.41) is 2.75. The minimum atomic E-state index is 0.0431. The summed E-state index contributed by atoms with van der Waals surface area (Å²) in [7, 11) is 3.58. The van der Waals surface area contributed by atoms with Crippen molar-refractivity contribution in [2.24, 2.45) is 0 Å². The van der Waals surface area contributed by atoms with Crippen LogP contribution in [0, 0.1) is 0 Å². The molecule has 0 unspecified atom stereocenters. The first kappa shape index (κ1) is 17.9. The van der Waals surface area contributed by atoms with Crippen LogP contribution in [0.15, 0.2) is 29.6 Å². The minimum absolute atomic E-state index is 0.0431. The summed E-state index contributed by atoms with van der Waals surface area (Å²) in [5.74, 6) is 0.863. The Morgan fingerprint density at radius 1 is 1.12 bits per heavy atom. The van der Waals surface area contributed by atoms with Crippen molar-refractivity contribution < 1.29 is 9.53 Å². The van der Waals surface area contributed by atoms with Gasteiger partial charge in [-0.1, -0.05) is 32.1 Å². The van der Waals surface area contributed by atoms with Crippen LogP contribution >= 0.6 is 11.3 Å². The number of ether oxygens (including phenoxy) is 1. The van der Waals surface area contributed by atoms with Gasteiger partial charge in [0.15, 0.2) is 0 Å². The van der Waals surface area contributed by atoms with Crippen molar-refractivity contribution in [3.8, 4) is 16.3 Å². The molecular formula is C20H26N2O2S. The summed E-state index contributed by atoms with van der Waals surface area (Å²) >= 11 is 1.52. The largest absolute Gasteiger partial charge is 0.497 e. The molecule has 5 heteroatoms. The van der Waals surface area contributed by atoms with Gasteiger partial charge in [0.1, 0.15) is 16.5 Å². The van der Waals surface area contributed by atoms with E-state index in [-0.39, 0.29) is 5.91 Å². The number of aromatic nitrogens is 1. The fourth-order valence-electron chi connectivity index (χ4n) is 3.41. The van der Waals surface area contributed by atoms with Crippen molar-refractivity contribution in [3.63, 3.8) is 0 Å². The zero-order valence-electron chi connectivity index (χ0n) is 15.0. The number of carbonyl (C=O) groups excluding carboxylic acids is 1. The first-order valence-corrected chi connectivity index (χ1v) is 9.94. The Morgan fingerprint density at radius 3 is 2.40 bits per heavy atom. The van der Waals surface area contributed by atoms with Crippen molar-refractivity contribution in [2.75, 3.05) is 14.2 Å². The van der Waals surface area contributed by atoms with Crippen molar-refractivity contribution in [1.82, 2.24) is 9.88 Å². The molecule has 0 N–H and O–H groups in total. The second-order valence-electron chi connectivity index (χ2n) is 6.68. The Bertz CT molecular complexity index is 688. The molecule has 1 aliphatic carbocycles. The number of methoxy groups -OCH3 is 1. The predicted molar refractivity (Wildman–Crippen MR) is 102 cm³/mol. The van der Waals surface area contributed by atoms with Crippen LogP contribution in [0.3, 0.4) is 0 Å². The second kappa shape index (κ2) is 8.48. The number of amides is 1. The van der Waals surface area contributed by atoms with E-state index >= 15 is 0 Å². The van der Waals surface area contributed by atoms with E-state index in [1.807, 2.05) is 41.6 Å². The molecule has 1 amide bonds. The van der Waals surface area contributed by atoms with Crippen LogP contribution in [0.2, 0.25) is 0 Å². The van der Waals surface area contributed by atoms with Crippen molar-refractivity contribution in [3.05, 3.63) is 35.3 Å². The molecule has 1 aromatic heterocycles. The molecule has 4 nitrogen and oxygen atoms in total. The van der Waals surface area contributed by atoms with E-state index in [0.717, 1.165) is 29.2 Å². The number of thiazole rings is 1.